The van der Waals surface area contributed by atoms with Gasteiger partial charge in [-0.1, -0.05) is 18.6 Å². The average Bonchev–Trinajstić information content (AvgIpc) is 2.47. The fraction of sp³-hybridized carbons (Fsp3) is 0.500. The second-order valence-electron chi connectivity index (χ2n) is 4.16. The zero-order chi connectivity index (χ0) is 11.8. The molecule has 0 unspecified atom stereocenters. The maximum Gasteiger partial charge on any atom is 0.237 e. The minimum atomic E-state index is -0.634. The van der Waals surface area contributed by atoms with Gasteiger partial charge in [0, 0.05) is 13.2 Å². The third-order valence-electron chi connectivity index (χ3n) is 3.08. The highest BCUT2D eigenvalue weighted by molar-refractivity contribution is 7.80. The van der Waals surface area contributed by atoms with Gasteiger partial charge in [-0.2, -0.15) is 5.10 Å². The smallest absolute Gasteiger partial charge is 0.237 e. The van der Waals surface area contributed by atoms with E-state index in [0.29, 0.717) is 10.7 Å². The van der Waals surface area contributed by atoms with Crippen molar-refractivity contribution in [1.29, 1.82) is 0 Å². The van der Waals surface area contributed by atoms with E-state index in [1.807, 2.05) is 0 Å². The van der Waals surface area contributed by atoms with E-state index in [4.69, 9.17) is 18.0 Å². The molecule has 5 nitrogen and oxygen atoms in total. The van der Waals surface area contributed by atoms with Gasteiger partial charge in [0.2, 0.25) is 5.91 Å². The quantitative estimate of drug-likeness (QED) is 0.764. The van der Waals surface area contributed by atoms with Crippen LogP contribution in [0.3, 0.4) is 0 Å². The number of anilines is 1. The molecule has 1 aliphatic rings. The molecule has 1 aliphatic carbocycles. The van der Waals surface area contributed by atoms with E-state index in [9.17, 15) is 4.79 Å². The first kappa shape index (κ1) is 11.1. The molecule has 86 valence electrons. The minimum Gasteiger partial charge on any atom is -0.392 e. The van der Waals surface area contributed by atoms with E-state index in [2.05, 4.69) is 10.4 Å². The highest BCUT2D eigenvalue weighted by Crippen LogP contribution is 2.42. The molecule has 0 radical (unpaired) electrons. The molecule has 1 saturated carbocycles. The lowest BCUT2D eigenvalue weighted by atomic mass is 9.68. The number of rotatable bonds is 3. The van der Waals surface area contributed by atoms with Crippen LogP contribution in [0, 0.1) is 5.41 Å². The summed E-state index contributed by atoms with van der Waals surface area (Å²) in [6, 6.07) is 0. The number of hydrogen-bond donors (Lipinski definition) is 2. The number of carbonyl (C=O) groups excluding carboxylic acids is 1. The van der Waals surface area contributed by atoms with Crippen molar-refractivity contribution in [2.45, 2.75) is 19.3 Å². The lowest BCUT2D eigenvalue weighted by Crippen LogP contribution is -2.50. The van der Waals surface area contributed by atoms with E-state index in [1.54, 1.807) is 24.1 Å². The largest absolute Gasteiger partial charge is 0.392 e. The van der Waals surface area contributed by atoms with Crippen LogP contribution in [0.1, 0.15) is 19.3 Å². The van der Waals surface area contributed by atoms with Crippen molar-refractivity contribution in [3.63, 3.8) is 0 Å². The van der Waals surface area contributed by atoms with Crippen molar-refractivity contribution in [2.75, 3.05) is 5.32 Å². The molecule has 0 aliphatic heterocycles. The standard InChI is InChI=1S/C10H14N4OS/c1-14-6-7(5-12-14)13-9(15)10(8(11)16)3-2-4-10/h5-6H,2-4H2,1H3,(H2,11,16)(H,13,15). The van der Waals surface area contributed by atoms with Crippen LogP contribution in [-0.2, 0) is 11.8 Å². The molecule has 2 rings (SSSR count). The topological polar surface area (TPSA) is 72.9 Å². The van der Waals surface area contributed by atoms with Gasteiger partial charge in [0.1, 0.15) is 0 Å². The maximum atomic E-state index is 12.1. The molecule has 0 atom stereocenters. The second kappa shape index (κ2) is 3.86. The number of aromatic nitrogens is 2. The average molecular weight is 238 g/mol. The number of hydrogen-bond acceptors (Lipinski definition) is 3. The van der Waals surface area contributed by atoms with Gasteiger partial charge in [-0.05, 0) is 12.8 Å². The van der Waals surface area contributed by atoms with Gasteiger partial charge in [-0.3, -0.25) is 9.48 Å². The van der Waals surface area contributed by atoms with Crippen LogP contribution in [0.15, 0.2) is 12.4 Å². The Morgan fingerprint density at radius 3 is 2.75 bits per heavy atom. The highest BCUT2D eigenvalue weighted by Gasteiger charge is 2.46. The molecule has 1 fully saturated rings. The molecule has 1 aromatic heterocycles. The zero-order valence-corrected chi connectivity index (χ0v) is 9.88. The molecule has 6 heteroatoms. The Bertz CT molecular complexity index is 436. The normalized spacial score (nSPS) is 17.6. The molecule has 1 amide bonds. The second-order valence-corrected chi connectivity index (χ2v) is 4.60. The summed E-state index contributed by atoms with van der Waals surface area (Å²) in [6.07, 6.45) is 5.83. The first-order chi connectivity index (χ1) is 7.54. The summed E-state index contributed by atoms with van der Waals surface area (Å²) in [5.41, 5.74) is 5.68. The van der Waals surface area contributed by atoms with Gasteiger partial charge in [-0.25, -0.2) is 0 Å². The summed E-state index contributed by atoms with van der Waals surface area (Å²) >= 11 is 4.97. The summed E-state index contributed by atoms with van der Waals surface area (Å²) in [5, 5.41) is 6.78. The lowest BCUT2D eigenvalue weighted by molar-refractivity contribution is -0.125. The van der Waals surface area contributed by atoms with Crippen LogP contribution in [-0.4, -0.2) is 20.7 Å². The first-order valence-electron chi connectivity index (χ1n) is 5.14. The van der Waals surface area contributed by atoms with Crippen molar-refractivity contribution in [2.24, 2.45) is 18.2 Å². The maximum absolute atomic E-state index is 12.1. The monoisotopic (exact) mass is 238 g/mol. The van der Waals surface area contributed by atoms with Gasteiger partial charge >= 0.3 is 0 Å². The molecule has 0 saturated heterocycles. The third kappa shape index (κ3) is 1.69. The summed E-state index contributed by atoms with van der Waals surface area (Å²) in [5.74, 6) is -0.112. The van der Waals surface area contributed by atoms with Gasteiger partial charge in [0.25, 0.3) is 0 Å². The summed E-state index contributed by atoms with van der Waals surface area (Å²) < 4.78 is 1.63. The Hall–Kier alpha value is -1.43. The molecule has 0 spiro atoms. The van der Waals surface area contributed by atoms with Crippen molar-refractivity contribution in [1.82, 2.24) is 9.78 Å². The molecule has 0 bridgehead atoms. The fourth-order valence-corrected chi connectivity index (χ4v) is 2.15. The summed E-state index contributed by atoms with van der Waals surface area (Å²) in [7, 11) is 1.79. The van der Waals surface area contributed by atoms with E-state index < -0.39 is 5.41 Å². The van der Waals surface area contributed by atoms with Gasteiger partial charge in [0.05, 0.1) is 22.3 Å². The van der Waals surface area contributed by atoms with Crippen molar-refractivity contribution >= 4 is 28.8 Å². The molecule has 3 N–H and O–H groups in total. The number of nitrogens with one attached hydrogen (secondary N) is 1. The van der Waals surface area contributed by atoms with E-state index in [1.165, 1.54) is 0 Å². The van der Waals surface area contributed by atoms with Crippen molar-refractivity contribution in [3.05, 3.63) is 12.4 Å². The Labute approximate surface area is 99.0 Å². The molecule has 1 aromatic rings. The Balaban J connectivity index is 2.10. The minimum absolute atomic E-state index is 0.112. The third-order valence-corrected chi connectivity index (χ3v) is 3.47. The van der Waals surface area contributed by atoms with E-state index >= 15 is 0 Å². The fourth-order valence-electron chi connectivity index (χ4n) is 1.85. The van der Waals surface area contributed by atoms with Crippen LogP contribution < -0.4 is 11.1 Å². The zero-order valence-electron chi connectivity index (χ0n) is 9.06. The number of thiocarbonyl (C=S) groups is 1. The van der Waals surface area contributed by atoms with Crippen LogP contribution in [0.25, 0.3) is 0 Å². The Morgan fingerprint density at radius 2 is 2.38 bits per heavy atom. The van der Waals surface area contributed by atoms with Crippen LogP contribution in [0.2, 0.25) is 0 Å². The molecule has 1 heterocycles. The number of nitrogens with zero attached hydrogens (tertiary/aromatic N) is 2. The van der Waals surface area contributed by atoms with E-state index in [-0.39, 0.29) is 5.91 Å². The number of aryl methyl sites for hydroxylation is 1. The van der Waals surface area contributed by atoms with Crippen LogP contribution >= 0.6 is 12.2 Å². The van der Waals surface area contributed by atoms with Crippen molar-refractivity contribution in [3.8, 4) is 0 Å². The van der Waals surface area contributed by atoms with E-state index in [0.717, 1.165) is 19.3 Å². The SMILES string of the molecule is Cn1cc(NC(=O)C2(C(N)=S)CCC2)cn1. The van der Waals surface area contributed by atoms with Gasteiger partial charge in [-0.15, -0.1) is 0 Å². The van der Waals surface area contributed by atoms with Crippen LogP contribution in [0.5, 0.6) is 0 Å². The first-order valence-corrected chi connectivity index (χ1v) is 5.55. The molecule has 0 aromatic carbocycles. The molecular weight excluding hydrogens is 224 g/mol. The van der Waals surface area contributed by atoms with Crippen molar-refractivity contribution < 1.29 is 4.79 Å². The number of carbonyl (C=O) groups is 1. The Morgan fingerprint density at radius 1 is 1.69 bits per heavy atom. The van der Waals surface area contributed by atoms with Crippen LogP contribution in [0.4, 0.5) is 5.69 Å². The molecule has 16 heavy (non-hydrogen) atoms. The predicted molar refractivity (Wildman–Crippen MR) is 64.9 cm³/mol. The number of nitrogens with two attached hydrogens (primary N) is 1. The Kier molecular flexibility index (Phi) is 2.67. The van der Waals surface area contributed by atoms with Gasteiger partial charge < -0.3 is 11.1 Å². The summed E-state index contributed by atoms with van der Waals surface area (Å²) in [4.78, 5) is 12.3. The molecular formula is C10H14N4OS. The van der Waals surface area contributed by atoms with Gasteiger partial charge in [0.15, 0.2) is 0 Å². The lowest BCUT2D eigenvalue weighted by Gasteiger charge is -2.38. The highest BCUT2D eigenvalue weighted by atomic mass is 32.1. The number of amides is 1. The summed E-state index contributed by atoms with van der Waals surface area (Å²) in [6.45, 7) is 0. The predicted octanol–water partition coefficient (Wildman–Crippen LogP) is 0.815.